The highest BCUT2D eigenvalue weighted by Crippen LogP contribution is 2.74. The topological polar surface area (TPSA) is 21.7 Å². The van der Waals surface area contributed by atoms with Gasteiger partial charge < -0.3 is 0 Å². The van der Waals surface area contributed by atoms with E-state index in [4.69, 9.17) is 0 Å². The van der Waals surface area contributed by atoms with E-state index in [0.29, 0.717) is 14.1 Å². The first-order valence-electron chi connectivity index (χ1n) is 5.39. The van der Waals surface area contributed by atoms with Gasteiger partial charge in [-0.3, -0.25) is 9.05 Å². The molecule has 0 aromatic rings. The number of alkyl halides is 12. The van der Waals surface area contributed by atoms with E-state index in [1.54, 1.807) is 0 Å². The molecule has 0 aromatic carbocycles. The van der Waals surface area contributed by atoms with Crippen molar-refractivity contribution in [2.75, 3.05) is 14.1 Å². The quantitative estimate of drug-likeness (QED) is 0.471. The lowest BCUT2D eigenvalue weighted by molar-refractivity contribution is -0.464. The van der Waals surface area contributed by atoms with Crippen LogP contribution >= 0.6 is 8.53 Å². The van der Waals surface area contributed by atoms with E-state index in [-0.39, 0.29) is 4.67 Å². The van der Waals surface area contributed by atoms with Crippen molar-refractivity contribution in [2.24, 2.45) is 0 Å². The molecule has 1 heterocycles. The van der Waals surface area contributed by atoms with Crippen molar-refractivity contribution >= 4 is 8.53 Å². The summed E-state index contributed by atoms with van der Waals surface area (Å²) < 4.78 is 162. The van der Waals surface area contributed by atoms with Gasteiger partial charge in [0, 0.05) is 0 Å². The summed E-state index contributed by atoms with van der Waals surface area (Å²) in [5.74, 6) is 0. The van der Waals surface area contributed by atoms with Gasteiger partial charge in [-0.15, -0.1) is 0 Å². The molecule has 1 fully saturated rings. The number of halogens is 12. The molecule has 0 aliphatic carbocycles. The Hall–Kier alpha value is -0.530. The van der Waals surface area contributed by atoms with E-state index in [1.165, 1.54) is 0 Å². The zero-order chi connectivity index (χ0) is 19.6. The van der Waals surface area contributed by atoms with Crippen LogP contribution in [-0.4, -0.2) is 54.7 Å². The molecule has 1 aliphatic rings. The van der Waals surface area contributed by atoms with Crippen LogP contribution in [0.15, 0.2) is 0 Å². The van der Waals surface area contributed by atoms with Crippen LogP contribution in [0.3, 0.4) is 0 Å². The zero-order valence-corrected chi connectivity index (χ0v) is 12.1. The third kappa shape index (κ3) is 2.63. The molecule has 0 saturated carbocycles. The Balaban J connectivity index is 3.99. The maximum atomic E-state index is 13.0. The monoisotopic (exact) mass is 407 g/mol. The average Bonchev–Trinajstić information content (AvgIpc) is 2.63. The second-order valence-electron chi connectivity index (χ2n) is 4.62. The van der Waals surface area contributed by atoms with Gasteiger partial charge in [-0.25, -0.2) is 4.67 Å². The van der Waals surface area contributed by atoms with Crippen LogP contribution in [0.1, 0.15) is 0 Å². The Kier molecular flexibility index (Phi) is 4.91. The highest BCUT2D eigenvalue weighted by atomic mass is 31.2. The molecule has 0 N–H and O–H groups in total. The van der Waals surface area contributed by atoms with Crippen molar-refractivity contribution in [3.8, 4) is 0 Å². The summed E-state index contributed by atoms with van der Waals surface area (Å²) in [4.78, 5) is 0. The minimum Gasteiger partial charge on any atom is -0.293 e. The summed E-state index contributed by atoms with van der Waals surface area (Å²) in [6, 6.07) is 0. The molecular formula is C8H6F12NO2P. The summed E-state index contributed by atoms with van der Waals surface area (Å²) in [5, 5.41) is 0. The predicted molar refractivity (Wildman–Crippen MR) is 52.5 cm³/mol. The van der Waals surface area contributed by atoms with E-state index in [9.17, 15) is 52.7 Å². The van der Waals surface area contributed by atoms with E-state index >= 15 is 0 Å². The normalized spacial score (nSPS) is 23.1. The van der Waals surface area contributed by atoms with E-state index in [2.05, 4.69) is 9.05 Å². The van der Waals surface area contributed by atoms with Gasteiger partial charge in [0.05, 0.1) is 0 Å². The first kappa shape index (κ1) is 21.5. The lowest BCUT2D eigenvalue weighted by Gasteiger charge is -2.44. The molecule has 0 aromatic heterocycles. The van der Waals surface area contributed by atoms with Gasteiger partial charge in [0.1, 0.15) is 0 Å². The van der Waals surface area contributed by atoms with Crippen molar-refractivity contribution in [3.05, 3.63) is 0 Å². The lowest BCUT2D eigenvalue weighted by Crippen LogP contribution is -2.79. The molecule has 1 rings (SSSR count). The Labute approximate surface area is 126 Å². The smallest absolute Gasteiger partial charge is 0.293 e. The van der Waals surface area contributed by atoms with Crippen molar-refractivity contribution in [2.45, 2.75) is 35.9 Å². The zero-order valence-electron chi connectivity index (χ0n) is 11.2. The Bertz CT molecular complexity index is 409. The van der Waals surface area contributed by atoms with E-state index < -0.39 is 44.4 Å². The summed E-state index contributed by atoms with van der Waals surface area (Å²) in [6.07, 6.45) is -28.6. The highest BCUT2D eigenvalue weighted by Gasteiger charge is 2.99. The Morgan fingerprint density at radius 1 is 0.583 bits per heavy atom. The van der Waals surface area contributed by atoms with Gasteiger partial charge in [-0.2, -0.15) is 52.7 Å². The summed E-state index contributed by atoms with van der Waals surface area (Å²) in [5.41, 5.74) is -13.4. The number of nitrogens with zero attached hydrogens (tertiary/aromatic N) is 1. The molecule has 0 bridgehead atoms. The molecule has 1 aliphatic heterocycles. The van der Waals surface area contributed by atoms with Crippen molar-refractivity contribution < 1.29 is 61.7 Å². The van der Waals surface area contributed by atoms with Gasteiger partial charge >= 0.3 is 35.9 Å². The van der Waals surface area contributed by atoms with Gasteiger partial charge in [0.2, 0.25) is 0 Å². The largest absolute Gasteiger partial charge is 0.430 e. The third-order valence-electron chi connectivity index (χ3n) is 2.85. The summed E-state index contributed by atoms with van der Waals surface area (Å²) in [7, 11) is -2.80. The molecule has 0 amide bonds. The second-order valence-corrected chi connectivity index (χ2v) is 6.26. The minimum absolute atomic E-state index is 0.112. The van der Waals surface area contributed by atoms with Crippen molar-refractivity contribution in [1.82, 2.24) is 4.67 Å². The molecule has 1 saturated heterocycles. The maximum Gasteiger partial charge on any atom is 0.430 e. The molecule has 0 spiro atoms. The standard InChI is InChI=1S/C8H6F12NO2P/c1-21(2)24-22-3(5(9,10)11,6(12,13)14)4(23-24,7(15,16)17)8(18,19)20/h1-2H3. The molecule has 0 unspecified atom stereocenters. The summed E-state index contributed by atoms with van der Waals surface area (Å²) >= 11 is 0. The van der Waals surface area contributed by atoms with Crippen LogP contribution in [0.5, 0.6) is 0 Å². The SMILES string of the molecule is CN(C)P1OC(C(F)(F)F)(C(F)(F)F)C(C(F)(F)F)(C(F)(F)F)O1. The number of rotatable bonds is 1. The number of hydrogen-bond acceptors (Lipinski definition) is 3. The predicted octanol–water partition coefficient (Wildman–Crippen LogP) is 4.55. The molecule has 144 valence electrons. The molecule has 16 heteroatoms. The van der Waals surface area contributed by atoms with E-state index in [1.807, 2.05) is 0 Å². The lowest BCUT2D eigenvalue weighted by atomic mass is 9.79. The van der Waals surface area contributed by atoms with Gasteiger partial charge in [-0.05, 0) is 14.1 Å². The van der Waals surface area contributed by atoms with Gasteiger partial charge in [0.25, 0.3) is 8.53 Å². The molecular weight excluding hydrogens is 401 g/mol. The average molecular weight is 407 g/mol. The fraction of sp³-hybridized carbons (Fsp3) is 1.00. The third-order valence-corrected chi connectivity index (χ3v) is 4.36. The van der Waals surface area contributed by atoms with Crippen molar-refractivity contribution in [3.63, 3.8) is 0 Å². The minimum atomic E-state index is -7.15. The van der Waals surface area contributed by atoms with Crippen LogP contribution in [0, 0.1) is 0 Å². The van der Waals surface area contributed by atoms with Gasteiger partial charge in [0.15, 0.2) is 0 Å². The number of hydrogen-bond donors (Lipinski definition) is 0. The maximum absolute atomic E-state index is 13.0. The molecule has 24 heavy (non-hydrogen) atoms. The first-order valence-corrected chi connectivity index (χ1v) is 6.52. The summed E-state index contributed by atoms with van der Waals surface area (Å²) in [6.45, 7) is 0. The van der Waals surface area contributed by atoms with E-state index in [0.717, 1.165) is 0 Å². The highest BCUT2D eigenvalue weighted by molar-refractivity contribution is 7.44. The second kappa shape index (κ2) is 5.48. The molecule has 0 radical (unpaired) electrons. The molecule has 0 atom stereocenters. The van der Waals surface area contributed by atoms with Crippen LogP contribution in [0.2, 0.25) is 0 Å². The van der Waals surface area contributed by atoms with Crippen molar-refractivity contribution in [1.29, 1.82) is 0 Å². The van der Waals surface area contributed by atoms with Crippen LogP contribution in [-0.2, 0) is 9.05 Å². The molecule has 3 nitrogen and oxygen atoms in total. The van der Waals surface area contributed by atoms with Crippen LogP contribution in [0.4, 0.5) is 52.7 Å². The van der Waals surface area contributed by atoms with Crippen LogP contribution in [0.25, 0.3) is 0 Å². The van der Waals surface area contributed by atoms with Gasteiger partial charge in [-0.1, -0.05) is 0 Å². The Morgan fingerprint density at radius 3 is 0.917 bits per heavy atom. The Morgan fingerprint density at radius 2 is 0.792 bits per heavy atom. The fourth-order valence-corrected chi connectivity index (χ4v) is 3.38. The van der Waals surface area contributed by atoms with Crippen LogP contribution < -0.4 is 0 Å². The first-order chi connectivity index (χ1) is 10.3. The fourth-order valence-electron chi connectivity index (χ4n) is 1.87.